The van der Waals surface area contributed by atoms with Crippen LogP contribution >= 0.6 is 0 Å². The summed E-state index contributed by atoms with van der Waals surface area (Å²) in [5.74, 6) is 1.71. The number of hydrogen-bond donors (Lipinski definition) is 0. The van der Waals surface area contributed by atoms with E-state index < -0.39 is 125 Å². The second kappa shape index (κ2) is 23.1. The Bertz CT molecular complexity index is 5580. The standard InChI is InChI=1S/C86H86N4OSi/c1-82(2,3)61-30-27-29-59(47-61)74-52-65(86(13,14)15)53-79(92(69-33-19-16-20-34-69,70-35-21-17-22-36-70)71-37-23-18-24-38-71)81(74)89-57-88(78-50-58(41-44-76(78)89)60-48-63(84(7,8)9)51-64(49-60)85(10,11)12)66-31-28-32-67(55-66)91-68-42-43-73-72-39-25-26-40-75(72)90(77(73)56-68)80-54-62(45-46-87-80)83(4,5)6/h16-56H,1-15H3/i16D,17D,18D,19D,20D,21D,22D,23D,24D,33D,34D,35D,36D,37D,38D. The smallest absolute Gasteiger partial charge is 0.269 e. The Morgan fingerprint density at radius 1 is 0.424 bits per heavy atom. The molecule has 10 aromatic carbocycles. The van der Waals surface area contributed by atoms with E-state index in [1.54, 1.807) is 10.6 Å². The highest BCUT2D eigenvalue weighted by molar-refractivity contribution is 7.20. The maximum Gasteiger partial charge on any atom is 0.269 e. The molecule has 0 N–H and O–H groups in total. The monoisotopic (exact) mass is 1230 g/mol. The average molecular weight is 1230 g/mol. The molecule has 0 radical (unpaired) electrons. The van der Waals surface area contributed by atoms with Crippen LogP contribution in [0.1, 0.15) is 152 Å². The van der Waals surface area contributed by atoms with Crippen LogP contribution in [0.25, 0.3) is 72.3 Å². The predicted molar refractivity (Wildman–Crippen MR) is 390 cm³/mol. The molecular weight excluding hydrogens is 1130 g/mol. The van der Waals surface area contributed by atoms with Crippen molar-refractivity contribution >= 4 is 61.7 Å². The molecule has 6 heteroatoms. The summed E-state index contributed by atoms with van der Waals surface area (Å²) < 4.78 is 160. The van der Waals surface area contributed by atoms with Gasteiger partial charge in [-0.3, -0.25) is 13.7 Å². The van der Waals surface area contributed by atoms with E-state index in [0.717, 1.165) is 61.0 Å². The Hall–Kier alpha value is -9.36. The summed E-state index contributed by atoms with van der Waals surface area (Å²) in [6, 6.07) is 37.2. The summed E-state index contributed by atoms with van der Waals surface area (Å²) in [7, 11) is -5.94. The Labute approximate surface area is 567 Å². The van der Waals surface area contributed by atoms with Crippen LogP contribution in [0.5, 0.6) is 11.5 Å². The molecule has 0 saturated heterocycles. The highest BCUT2D eigenvalue weighted by Crippen LogP contribution is 2.40. The van der Waals surface area contributed by atoms with E-state index in [9.17, 15) is 16.4 Å². The molecule has 0 fully saturated rings. The fourth-order valence-corrected chi connectivity index (χ4v) is 16.5. The number of aromatic nitrogens is 4. The van der Waals surface area contributed by atoms with Crippen LogP contribution in [-0.4, -0.2) is 22.2 Å². The molecule has 5 nitrogen and oxygen atoms in total. The van der Waals surface area contributed by atoms with Gasteiger partial charge in [0.1, 0.15) is 17.3 Å². The Kier molecular flexibility index (Phi) is 11.5. The van der Waals surface area contributed by atoms with E-state index in [0.29, 0.717) is 44.9 Å². The van der Waals surface area contributed by atoms with Crippen molar-refractivity contribution in [3.8, 4) is 50.9 Å². The minimum atomic E-state index is -5.94. The summed E-state index contributed by atoms with van der Waals surface area (Å²) in [5, 5.41) is 0.162. The minimum absolute atomic E-state index is 0.0426. The van der Waals surface area contributed by atoms with Crippen molar-refractivity contribution in [3.05, 3.63) is 283 Å². The zero-order valence-corrected chi connectivity index (χ0v) is 56.2. The molecule has 92 heavy (non-hydrogen) atoms. The van der Waals surface area contributed by atoms with E-state index in [1.807, 2.05) is 129 Å². The van der Waals surface area contributed by atoms with Crippen LogP contribution in [0, 0.1) is 6.33 Å². The SMILES string of the molecule is [2H]c1c([2H])c([2H])c([Si](c2cc(C(C)(C)C)cc(-c3cccc(C(C)(C)C)c3)c2-[n+]2[c-]n(-c3cccc(Oc4ccc5c6ccccc6n(-c6cc(C(C)(C)C)ccn6)c5c4)c3)c3cc(-c4cc(C(C)(C)C)cc(C(C)(C)C)c4)ccc32)(c2c([2H])c([2H])c([2H])c([2H])c2[2H])c2c([2H])c([2H])c([2H])c([2H])c2[2H])c([2H])c1[2H]. The van der Waals surface area contributed by atoms with Crippen molar-refractivity contribution in [3.63, 3.8) is 0 Å². The molecular formula is C86H86N4OSi. The average Bonchev–Trinajstić information content (AvgIpc) is 1.12. The molecule has 13 rings (SSSR count). The third kappa shape index (κ3) is 11.4. The third-order valence-electron chi connectivity index (χ3n) is 17.7. The topological polar surface area (TPSA) is 35.9 Å². The highest BCUT2D eigenvalue weighted by atomic mass is 28.3. The van der Waals surface area contributed by atoms with Crippen molar-refractivity contribution in [2.75, 3.05) is 0 Å². The van der Waals surface area contributed by atoms with Crippen molar-refractivity contribution < 1.29 is 29.9 Å². The highest BCUT2D eigenvalue weighted by Gasteiger charge is 2.45. The molecule has 0 atom stereocenters. The van der Waals surface area contributed by atoms with Gasteiger partial charge < -0.3 is 4.74 Å². The summed E-state index contributed by atoms with van der Waals surface area (Å²) in [6.07, 6.45) is 5.65. The van der Waals surface area contributed by atoms with Crippen molar-refractivity contribution in [1.29, 1.82) is 0 Å². The molecule has 13 aromatic rings. The molecule has 0 saturated carbocycles. The van der Waals surface area contributed by atoms with Gasteiger partial charge in [-0.05, 0) is 152 Å². The molecule has 0 aliphatic heterocycles. The lowest BCUT2D eigenvalue weighted by Gasteiger charge is -2.38. The molecule has 460 valence electrons. The van der Waals surface area contributed by atoms with Crippen molar-refractivity contribution in [2.24, 2.45) is 0 Å². The largest absolute Gasteiger partial charge is 0.458 e. The molecule has 0 aliphatic carbocycles. The van der Waals surface area contributed by atoms with E-state index >= 15 is 0 Å². The lowest BCUT2D eigenvalue weighted by atomic mass is 9.79. The second-order valence-electron chi connectivity index (χ2n) is 29.3. The molecule has 0 amide bonds. The van der Waals surface area contributed by atoms with Gasteiger partial charge in [-0.2, -0.15) is 0 Å². The molecule has 3 aromatic heterocycles. The van der Waals surface area contributed by atoms with E-state index in [-0.39, 0.29) is 27.1 Å². The Morgan fingerprint density at radius 3 is 1.58 bits per heavy atom. The lowest BCUT2D eigenvalue weighted by molar-refractivity contribution is -0.570. The Morgan fingerprint density at radius 2 is 0.967 bits per heavy atom. The van der Waals surface area contributed by atoms with Gasteiger partial charge in [-0.25, -0.2) is 4.98 Å². The fourth-order valence-electron chi connectivity index (χ4n) is 12.5. The number of hydrogen-bond acceptors (Lipinski definition) is 2. The van der Waals surface area contributed by atoms with Crippen LogP contribution in [-0.2, 0) is 27.1 Å². The van der Waals surface area contributed by atoms with E-state index in [2.05, 4.69) is 143 Å². The molecule has 0 spiro atoms. The Balaban J connectivity index is 1.22. The number of rotatable bonds is 11. The van der Waals surface area contributed by atoms with E-state index in [1.165, 1.54) is 0 Å². The van der Waals surface area contributed by atoms with Gasteiger partial charge in [0, 0.05) is 23.0 Å². The maximum atomic E-state index is 10.3. The number of imidazole rings is 1. The van der Waals surface area contributed by atoms with Crippen LogP contribution < -0.4 is 30.1 Å². The summed E-state index contributed by atoms with van der Waals surface area (Å²) in [6.45, 7) is 31.7. The summed E-state index contributed by atoms with van der Waals surface area (Å²) >= 11 is 0. The number of benzene rings is 10. The van der Waals surface area contributed by atoms with Crippen LogP contribution in [0.3, 0.4) is 0 Å². The zero-order chi connectivity index (χ0) is 77.8. The van der Waals surface area contributed by atoms with Gasteiger partial charge in [0.2, 0.25) is 0 Å². The van der Waals surface area contributed by atoms with Gasteiger partial charge >= 0.3 is 0 Å². The molecule has 0 aliphatic rings. The fraction of sp³-hybridized carbons (Fsp3) is 0.233. The van der Waals surface area contributed by atoms with Crippen LogP contribution in [0.4, 0.5) is 0 Å². The summed E-state index contributed by atoms with van der Waals surface area (Å²) in [5.41, 5.74) is 8.96. The van der Waals surface area contributed by atoms with Crippen molar-refractivity contribution in [1.82, 2.24) is 14.1 Å². The van der Waals surface area contributed by atoms with Gasteiger partial charge in [-0.1, -0.05) is 285 Å². The minimum Gasteiger partial charge on any atom is -0.458 e. The first-order valence-electron chi connectivity index (χ1n) is 38.9. The quantitative estimate of drug-likeness (QED) is 0.0560. The first-order chi connectivity index (χ1) is 50.0. The van der Waals surface area contributed by atoms with Crippen molar-refractivity contribution in [2.45, 2.75) is 131 Å². The zero-order valence-electron chi connectivity index (χ0n) is 70.2. The van der Waals surface area contributed by atoms with Crippen LogP contribution in [0.2, 0.25) is 0 Å². The number of pyridine rings is 1. The van der Waals surface area contributed by atoms with Gasteiger partial charge in [0.25, 0.3) is 6.33 Å². The summed E-state index contributed by atoms with van der Waals surface area (Å²) in [4.78, 5) is 4.93. The second-order valence-corrected chi connectivity index (χ2v) is 32.8. The first-order valence-corrected chi connectivity index (χ1v) is 33.4. The number of nitrogens with zero attached hydrogens (tertiary/aromatic N) is 4. The number of para-hydroxylation sites is 1. The molecule has 3 heterocycles. The number of fused-ring (bicyclic) bond motifs is 4. The lowest BCUT2D eigenvalue weighted by Crippen LogP contribution is -2.76. The van der Waals surface area contributed by atoms with E-state index in [4.69, 9.17) is 13.8 Å². The maximum absolute atomic E-state index is 10.3. The van der Waals surface area contributed by atoms with Gasteiger partial charge in [0.15, 0.2) is 8.07 Å². The van der Waals surface area contributed by atoms with Crippen LogP contribution in [0.15, 0.2) is 248 Å². The van der Waals surface area contributed by atoms with Gasteiger partial charge in [-0.15, -0.1) is 0 Å². The normalized spacial score (nSPS) is 15.0. The van der Waals surface area contributed by atoms with Gasteiger partial charge in [0.05, 0.1) is 54.0 Å². The molecule has 0 bridgehead atoms. The molecule has 0 unspecified atom stereocenters. The number of ether oxygens (including phenoxy) is 1. The first kappa shape index (κ1) is 45.8. The third-order valence-corrected chi connectivity index (χ3v) is 21.9. The predicted octanol–water partition coefficient (Wildman–Crippen LogP) is 19.2.